The van der Waals surface area contributed by atoms with Crippen LogP contribution in [0.25, 0.3) is 0 Å². The smallest absolute Gasteiger partial charge is 0.269 e. The minimum absolute atomic E-state index is 0.00720. The van der Waals surface area contributed by atoms with Crippen LogP contribution in [0.4, 0.5) is 5.69 Å². The molecule has 1 atom stereocenters. The normalized spacial score (nSPS) is 11.3. The van der Waals surface area contributed by atoms with Crippen LogP contribution in [-0.4, -0.2) is 16.7 Å². The van der Waals surface area contributed by atoms with Crippen LogP contribution in [0.2, 0.25) is 0 Å². The molecule has 0 unspecified atom stereocenters. The molecule has 2 N–H and O–H groups in total. The predicted octanol–water partition coefficient (Wildman–Crippen LogP) is 2.82. The number of carbonyl (C=O) groups is 2. The average Bonchev–Trinajstić information content (AvgIpc) is 2.66. The minimum atomic E-state index is -0.463. The first-order valence-electron chi connectivity index (χ1n) is 8.41. The molecule has 0 aliphatic carbocycles. The molecule has 2 aromatic rings. The number of carbonyl (C=O) groups excluding carboxylic acids is 2. The summed E-state index contributed by atoms with van der Waals surface area (Å²) in [5.74, 6) is -0.454. The number of nitrogens with zero attached hydrogens (tertiary/aromatic N) is 1. The number of hydrogen-bond donors (Lipinski definition) is 2. The van der Waals surface area contributed by atoms with E-state index in [1.54, 1.807) is 12.1 Å². The first-order valence-corrected chi connectivity index (χ1v) is 8.41. The van der Waals surface area contributed by atoms with Crippen molar-refractivity contribution in [3.05, 3.63) is 88.0 Å². The van der Waals surface area contributed by atoms with Gasteiger partial charge >= 0.3 is 0 Å². The Labute approximate surface area is 157 Å². The highest BCUT2D eigenvalue weighted by atomic mass is 16.6. The lowest BCUT2D eigenvalue weighted by molar-refractivity contribution is -0.384. The minimum Gasteiger partial charge on any atom is -0.349 e. The molecule has 2 amide bonds. The van der Waals surface area contributed by atoms with Gasteiger partial charge in [-0.05, 0) is 29.7 Å². The van der Waals surface area contributed by atoms with Gasteiger partial charge in [-0.2, -0.15) is 0 Å². The van der Waals surface area contributed by atoms with Crippen molar-refractivity contribution in [3.8, 4) is 0 Å². The molecule has 0 spiro atoms. The second-order valence-corrected chi connectivity index (χ2v) is 6.01. The summed E-state index contributed by atoms with van der Waals surface area (Å²) in [6, 6.07) is 13.2. The molecule has 0 saturated heterocycles. The van der Waals surface area contributed by atoms with Gasteiger partial charge in [-0.15, -0.1) is 0 Å². The molecule has 7 heteroatoms. The van der Waals surface area contributed by atoms with Crippen LogP contribution in [-0.2, 0) is 22.6 Å². The number of nitrogens with one attached hydrogen (secondary N) is 2. The Morgan fingerprint density at radius 3 is 2.37 bits per heavy atom. The third-order valence-corrected chi connectivity index (χ3v) is 4.09. The molecule has 140 valence electrons. The molecule has 7 nitrogen and oxygen atoms in total. The second-order valence-electron chi connectivity index (χ2n) is 6.01. The van der Waals surface area contributed by atoms with E-state index in [1.807, 2.05) is 31.2 Å². The first kappa shape index (κ1) is 19.8. The molecule has 0 aliphatic heterocycles. The fraction of sp³-hybridized carbons (Fsp3) is 0.200. The number of benzene rings is 2. The standard InChI is InChI=1S/C20H21N3O4/c1-3-19(24)21-13-17-7-5-4-6-16(17)12-20(25)22-14(2)15-8-10-18(11-9-15)23(26)27/h3-11,14H,1,12-13H2,2H3,(H,21,24)(H,22,25)/t14-/m0/s1. The third-order valence-electron chi connectivity index (χ3n) is 4.09. The summed E-state index contributed by atoms with van der Waals surface area (Å²) >= 11 is 0. The molecule has 27 heavy (non-hydrogen) atoms. The van der Waals surface area contributed by atoms with Crippen molar-refractivity contribution in [2.75, 3.05) is 0 Å². The van der Waals surface area contributed by atoms with Gasteiger partial charge in [0, 0.05) is 18.7 Å². The fourth-order valence-corrected chi connectivity index (χ4v) is 2.59. The van der Waals surface area contributed by atoms with E-state index in [0.29, 0.717) is 6.54 Å². The predicted molar refractivity (Wildman–Crippen MR) is 102 cm³/mol. The summed E-state index contributed by atoms with van der Waals surface area (Å²) in [6.45, 7) is 5.53. The summed E-state index contributed by atoms with van der Waals surface area (Å²) in [6.07, 6.45) is 1.36. The van der Waals surface area contributed by atoms with Gasteiger partial charge in [0.1, 0.15) is 0 Å². The van der Waals surface area contributed by atoms with Gasteiger partial charge in [0.15, 0.2) is 0 Å². The zero-order chi connectivity index (χ0) is 19.8. The first-order chi connectivity index (χ1) is 12.9. The Hall–Kier alpha value is -3.48. The summed E-state index contributed by atoms with van der Waals surface area (Å²) in [4.78, 5) is 34.0. The van der Waals surface area contributed by atoms with Gasteiger partial charge in [-0.25, -0.2) is 0 Å². The molecule has 0 bridgehead atoms. The topological polar surface area (TPSA) is 101 Å². The lowest BCUT2D eigenvalue weighted by Crippen LogP contribution is -2.29. The number of nitro groups is 1. The van der Waals surface area contributed by atoms with Crippen LogP contribution in [0.5, 0.6) is 0 Å². The maximum absolute atomic E-state index is 12.4. The van der Waals surface area contributed by atoms with E-state index in [-0.39, 0.29) is 30.0 Å². The second kappa shape index (κ2) is 9.28. The third kappa shape index (κ3) is 5.78. The monoisotopic (exact) mass is 367 g/mol. The van der Waals surface area contributed by atoms with Gasteiger partial charge in [0.25, 0.3) is 5.69 Å². The molecule has 0 fully saturated rings. The highest BCUT2D eigenvalue weighted by Gasteiger charge is 2.13. The number of hydrogen-bond acceptors (Lipinski definition) is 4. The van der Waals surface area contributed by atoms with Crippen molar-refractivity contribution in [2.45, 2.75) is 25.9 Å². The maximum atomic E-state index is 12.4. The van der Waals surface area contributed by atoms with E-state index in [2.05, 4.69) is 17.2 Å². The van der Waals surface area contributed by atoms with Crippen LogP contribution in [0, 0.1) is 10.1 Å². The van der Waals surface area contributed by atoms with Gasteiger partial charge in [0.05, 0.1) is 17.4 Å². The van der Waals surface area contributed by atoms with Crippen molar-refractivity contribution >= 4 is 17.5 Å². The molecular formula is C20H21N3O4. The van der Waals surface area contributed by atoms with Crippen molar-refractivity contribution in [2.24, 2.45) is 0 Å². The van der Waals surface area contributed by atoms with Crippen LogP contribution >= 0.6 is 0 Å². The quantitative estimate of drug-likeness (QED) is 0.425. The van der Waals surface area contributed by atoms with Crippen LogP contribution < -0.4 is 10.6 Å². The summed E-state index contributed by atoms with van der Waals surface area (Å²) < 4.78 is 0. The molecular weight excluding hydrogens is 346 g/mol. The number of rotatable bonds is 8. The molecule has 2 rings (SSSR count). The Morgan fingerprint density at radius 1 is 1.15 bits per heavy atom. The molecule has 0 aliphatic rings. The van der Waals surface area contributed by atoms with Gasteiger partial charge in [-0.1, -0.05) is 43.0 Å². The van der Waals surface area contributed by atoms with Crippen LogP contribution in [0.3, 0.4) is 0 Å². The largest absolute Gasteiger partial charge is 0.349 e. The number of nitro benzene ring substituents is 1. The van der Waals surface area contributed by atoms with E-state index in [9.17, 15) is 19.7 Å². The van der Waals surface area contributed by atoms with Gasteiger partial charge in [0.2, 0.25) is 11.8 Å². The lowest BCUT2D eigenvalue weighted by Gasteiger charge is -2.15. The van der Waals surface area contributed by atoms with Crippen molar-refractivity contribution in [1.29, 1.82) is 0 Å². The van der Waals surface area contributed by atoms with Gasteiger partial charge in [-0.3, -0.25) is 19.7 Å². The summed E-state index contributed by atoms with van der Waals surface area (Å²) in [5.41, 5.74) is 2.45. The highest BCUT2D eigenvalue weighted by Crippen LogP contribution is 2.18. The lowest BCUT2D eigenvalue weighted by atomic mass is 10.0. The SMILES string of the molecule is C=CC(=O)NCc1ccccc1CC(=O)N[C@@H](C)c1ccc([N+](=O)[O-])cc1. The highest BCUT2D eigenvalue weighted by molar-refractivity contribution is 5.86. The zero-order valence-corrected chi connectivity index (χ0v) is 15.0. The van der Waals surface area contributed by atoms with Crippen LogP contribution in [0.15, 0.2) is 61.2 Å². The molecule has 2 aromatic carbocycles. The van der Waals surface area contributed by atoms with E-state index >= 15 is 0 Å². The summed E-state index contributed by atoms with van der Waals surface area (Å²) in [7, 11) is 0. The Kier molecular flexibility index (Phi) is 6.82. The van der Waals surface area contributed by atoms with E-state index in [4.69, 9.17) is 0 Å². The van der Waals surface area contributed by atoms with Gasteiger partial charge < -0.3 is 10.6 Å². The number of non-ortho nitro benzene ring substituents is 1. The van der Waals surface area contributed by atoms with Crippen molar-refractivity contribution in [3.63, 3.8) is 0 Å². The molecule has 0 radical (unpaired) electrons. The van der Waals surface area contributed by atoms with Crippen molar-refractivity contribution < 1.29 is 14.5 Å². The van der Waals surface area contributed by atoms with Crippen LogP contribution in [0.1, 0.15) is 29.7 Å². The zero-order valence-electron chi connectivity index (χ0n) is 15.0. The summed E-state index contributed by atoms with van der Waals surface area (Å²) in [5, 5.41) is 16.3. The Morgan fingerprint density at radius 2 is 1.78 bits per heavy atom. The fourth-order valence-electron chi connectivity index (χ4n) is 2.59. The Bertz CT molecular complexity index is 847. The molecule has 0 saturated carbocycles. The Balaban J connectivity index is 1.99. The maximum Gasteiger partial charge on any atom is 0.269 e. The van der Waals surface area contributed by atoms with Crippen molar-refractivity contribution in [1.82, 2.24) is 10.6 Å². The van der Waals surface area contributed by atoms with E-state index < -0.39 is 4.92 Å². The molecule has 0 heterocycles. The van der Waals surface area contributed by atoms with E-state index in [1.165, 1.54) is 18.2 Å². The van der Waals surface area contributed by atoms with E-state index in [0.717, 1.165) is 16.7 Å². The average molecular weight is 367 g/mol. The number of amides is 2. The molecule has 0 aromatic heterocycles.